The maximum atomic E-state index is 13.0. The molecule has 1 amide bonds. The predicted molar refractivity (Wildman–Crippen MR) is 94.7 cm³/mol. The Bertz CT molecular complexity index is 561. The molecule has 1 saturated carbocycles. The molecular weight excluding hydrogens is 306 g/mol. The van der Waals surface area contributed by atoms with Gasteiger partial charge in [-0.15, -0.1) is 11.3 Å². The number of hydrogen-bond acceptors (Lipinski definition) is 4. The Morgan fingerprint density at radius 2 is 2.09 bits per heavy atom. The van der Waals surface area contributed by atoms with Gasteiger partial charge in [0, 0.05) is 29.4 Å². The molecule has 3 atom stereocenters. The molecule has 2 fully saturated rings. The molecule has 1 aromatic heterocycles. The Kier molecular flexibility index (Phi) is 4.79. The molecule has 2 aliphatic rings. The highest BCUT2D eigenvalue weighted by atomic mass is 32.1. The number of hydrogen-bond donors (Lipinski definition) is 1. The molecule has 5 heteroatoms. The summed E-state index contributed by atoms with van der Waals surface area (Å²) in [7, 11) is 0. The Hall–Kier alpha value is -0.940. The summed E-state index contributed by atoms with van der Waals surface area (Å²) in [6.45, 7) is 7.96. The molecule has 3 unspecified atom stereocenters. The van der Waals surface area contributed by atoms with Crippen molar-refractivity contribution in [2.24, 2.45) is 11.7 Å². The summed E-state index contributed by atoms with van der Waals surface area (Å²) < 4.78 is 0. The minimum Gasteiger partial charge on any atom is -0.342 e. The second-order valence-corrected chi connectivity index (χ2v) is 8.86. The standard InChI is InChI=1S/C18H29N3OS/c1-12-13(2)23-16(20-12)14-7-6-10-21(11-14)17(22)15-8-4-5-9-18(15,3)19/h14-15H,4-11,19H2,1-3H3. The van der Waals surface area contributed by atoms with E-state index in [0.29, 0.717) is 5.92 Å². The van der Waals surface area contributed by atoms with Crippen LogP contribution in [0.3, 0.4) is 0 Å². The Morgan fingerprint density at radius 3 is 2.74 bits per heavy atom. The molecule has 1 aromatic rings. The van der Waals surface area contributed by atoms with Crippen molar-refractivity contribution in [2.45, 2.75) is 70.8 Å². The summed E-state index contributed by atoms with van der Waals surface area (Å²) in [5.41, 5.74) is 7.24. The number of carbonyl (C=O) groups is 1. The first-order valence-corrected chi connectivity index (χ1v) is 9.72. The maximum Gasteiger partial charge on any atom is 0.227 e. The lowest BCUT2D eigenvalue weighted by atomic mass is 9.73. The zero-order chi connectivity index (χ0) is 16.6. The predicted octanol–water partition coefficient (Wildman–Crippen LogP) is 3.37. The van der Waals surface area contributed by atoms with Crippen LogP contribution in [0.5, 0.6) is 0 Å². The molecule has 1 aliphatic heterocycles. The number of nitrogens with zero attached hydrogens (tertiary/aromatic N) is 2. The van der Waals surface area contributed by atoms with Crippen molar-refractivity contribution >= 4 is 17.2 Å². The fourth-order valence-corrected chi connectivity index (χ4v) is 5.08. The van der Waals surface area contributed by atoms with E-state index in [-0.39, 0.29) is 17.4 Å². The van der Waals surface area contributed by atoms with Gasteiger partial charge >= 0.3 is 0 Å². The largest absolute Gasteiger partial charge is 0.342 e. The molecule has 3 rings (SSSR count). The monoisotopic (exact) mass is 335 g/mol. The number of amides is 1. The highest BCUT2D eigenvalue weighted by Crippen LogP contribution is 2.36. The van der Waals surface area contributed by atoms with E-state index < -0.39 is 0 Å². The van der Waals surface area contributed by atoms with E-state index in [0.717, 1.165) is 57.3 Å². The molecule has 2 heterocycles. The van der Waals surface area contributed by atoms with E-state index in [9.17, 15) is 4.79 Å². The van der Waals surface area contributed by atoms with Gasteiger partial charge in [0.05, 0.1) is 16.6 Å². The van der Waals surface area contributed by atoms with Crippen LogP contribution in [-0.2, 0) is 4.79 Å². The van der Waals surface area contributed by atoms with Gasteiger partial charge in [-0.2, -0.15) is 0 Å². The fourth-order valence-electron chi connectivity index (χ4n) is 4.04. The van der Waals surface area contributed by atoms with Gasteiger partial charge in [0.2, 0.25) is 5.91 Å². The molecular formula is C18H29N3OS. The fraction of sp³-hybridized carbons (Fsp3) is 0.778. The van der Waals surface area contributed by atoms with Crippen molar-refractivity contribution in [3.05, 3.63) is 15.6 Å². The highest BCUT2D eigenvalue weighted by molar-refractivity contribution is 7.11. The summed E-state index contributed by atoms with van der Waals surface area (Å²) in [6.07, 6.45) is 6.40. The van der Waals surface area contributed by atoms with Gasteiger partial charge in [0.25, 0.3) is 0 Å². The molecule has 1 aliphatic carbocycles. The number of aromatic nitrogens is 1. The summed E-state index contributed by atoms with van der Waals surface area (Å²) in [5.74, 6) is 0.678. The Balaban J connectivity index is 1.71. The normalized spacial score (nSPS) is 32.1. The topological polar surface area (TPSA) is 59.2 Å². The van der Waals surface area contributed by atoms with Gasteiger partial charge in [-0.05, 0) is 46.5 Å². The summed E-state index contributed by atoms with van der Waals surface area (Å²) in [4.78, 5) is 21.1. The summed E-state index contributed by atoms with van der Waals surface area (Å²) >= 11 is 1.80. The van der Waals surface area contributed by atoms with Crippen LogP contribution < -0.4 is 5.73 Å². The number of nitrogens with two attached hydrogens (primary N) is 1. The van der Waals surface area contributed by atoms with Crippen molar-refractivity contribution in [1.29, 1.82) is 0 Å². The maximum absolute atomic E-state index is 13.0. The van der Waals surface area contributed by atoms with E-state index in [1.807, 2.05) is 0 Å². The smallest absolute Gasteiger partial charge is 0.227 e. The average Bonchev–Trinajstić information content (AvgIpc) is 2.86. The molecule has 0 radical (unpaired) electrons. The second-order valence-electron chi connectivity index (χ2n) is 7.62. The highest BCUT2D eigenvalue weighted by Gasteiger charge is 2.41. The minimum absolute atomic E-state index is 0.00485. The minimum atomic E-state index is -0.337. The third kappa shape index (κ3) is 3.45. The average molecular weight is 336 g/mol. The molecule has 0 bridgehead atoms. The second kappa shape index (κ2) is 6.52. The van der Waals surface area contributed by atoms with Crippen LogP contribution in [0.25, 0.3) is 0 Å². The van der Waals surface area contributed by atoms with E-state index in [1.165, 1.54) is 9.88 Å². The molecule has 0 aromatic carbocycles. The lowest BCUT2D eigenvalue weighted by molar-refractivity contribution is -0.140. The number of likely N-dealkylation sites (tertiary alicyclic amines) is 1. The zero-order valence-electron chi connectivity index (χ0n) is 14.6. The van der Waals surface area contributed by atoms with Crippen LogP contribution in [0.4, 0.5) is 0 Å². The lowest BCUT2D eigenvalue weighted by Gasteiger charge is -2.42. The quantitative estimate of drug-likeness (QED) is 0.901. The molecule has 0 spiro atoms. The van der Waals surface area contributed by atoms with Crippen molar-refractivity contribution in [3.63, 3.8) is 0 Å². The van der Waals surface area contributed by atoms with Gasteiger partial charge in [-0.3, -0.25) is 4.79 Å². The molecule has 4 nitrogen and oxygen atoms in total. The van der Waals surface area contributed by atoms with Gasteiger partial charge in [-0.25, -0.2) is 4.98 Å². The van der Waals surface area contributed by atoms with Crippen LogP contribution in [0.2, 0.25) is 0 Å². The van der Waals surface area contributed by atoms with Crippen LogP contribution in [0.1, 0.15) is 66.9 Å². The van der Waals surface area contributed by atoms with Crippen LogP contribution in [-0.4, -0.2) is 34.4 Å². The number of piperidine rings is 1. The van der Waals surface area contributed by atoms with Crippen molar-refractivity contribution in [1.82, 2.24) is 9.88 Å². The Morgan fingerprint density at radius 1 is 1.30 bits per heavy atom. The SMILES string of the molecule is Cc1nc(C2CCCN(C(=O)C3CCCCC3(C)N)C2)sc1C. The lowest BCUT2D eigenvalue weighted by Crippen LogP contribution is -2.55. The third-order valence-electron chi connectivity index (χ3n) is 5.68. The van der Waals surface area contributed by atoms with Crippen molar-refractivity contribution < 1.29 is 4.79 Å². The number of rotatable bonds is 2. The first-order valence-electron chi connectivity index (χ1n) is 8.90. The van der Waals surface area contributed by atoms with Gasteiger partial charge in [-0.1, -0.05) is 12.8 Å². The van der Waals surface area contributed by atoms with E-state index >= 15 is 0 Å². The molecule has 128 valence electrons. The van der Waals surface area contributed by atoms with Gasteiger partial charge in [0.15, 0.2) is 0 Å². The van der Waals surface area contributed by atoms with Gasteiger partial charge in [0.1, 0.15) is 0 Å². The first-order chi connectivity index (χ1) is 10.9. The van der Waals surface area contributed by atoms with Crippen molar-refractivity contribution in [3.8, 4) is 0 Å². The molecule has 2 N–H and O–H groups in total. The number of thiazole rings is 1. The van der Waals surface area contributed by atoms with E-state index in [2.05, 4.69) is 25.7 Å². The van der Waals surface area contributed by atoms with Crippen LogP contribution >= 0.6 is 11.3 Å². The van der Waals surface area contributed by atoms with Crippen molar-refractivity contribution in [2.75, 3.05) is 13.1 Å². The molecule has 1 saturated heterocycles. The number of carbonyl (C=O) groups excluding carboxylic acids is 1. The first kappa shape index (κ1) is 16.9. The summed E-state index contributed by atoms with van der Waals surface area (Å²) in [6, 6.07) is 0. The third-order valence-corrected chi connectivity index (χ3v) is 6.92. The molecule has 23 heavy (non-hydrogen) atoms. The van der Waals surface area contributed by atoms with Crippen LogP contribution in [0.15, 0.2) is 0 Å². The Labute approximate surface area is 143 Å². The van der Waals surface area contributed by atoms with Gasteiger partial charge < -0.3 is 10.6 Å². The zero-order valence-corrected chi connectivity index (χ0v) is 15.4. The summed E-state index contributed by atoms with van der Waals surface area (Å²) in [5, 5.41) is 1.21. The van der Waals surface area contributed by atoms with E-state index in [4.69, 9.17) is 10.7 Å². The van der Waals surface area contributed by atoms with E-state index in [1.54, 1.807) is 11.3 Å². The van der Waals surface area contributed by atoms with Crippen LogP contribution in [0, 0.1) is 19.8 Å². The number of aryl methyl sites for hydroxylation is 2.